The molecule has 0 saturated carbocycles. The zero-order valence-electron chi connectivity index (χ0n) is 64.0. The Morgan fingerprint density at radius 2 is 0.680 bits per heavy atom. The highest BCUT2D eigenvalue weighted by Gasteiger charge is 2.41. The Kier molecular flexibility index (Phi) is 22.6. The van der Waals surface area contributed by atoms with Crippen LogP contribution in [0.2, 0.25) is 5.02 Å². The van der Waals surface area contributed by atoms with Gasteiger partial charge in [0.25, 0.3) is 0 Å². The molecule has 12 aromatic heterocycles. The Hall–Kier alpha value is -12.1. The third-order valence-electron chi connectivity index (χ3n) is 19.0. The van der Waals surface area contributed by atoms with Crippen LogP contribution in [-0.2, 0) is 111 Å². The molecule has 16 aromatic rings. The van der Waals surface area contributed by atoms with Crippen LogP contribution in [0.15, 0.2) is 142 Å². The van der Waals surface area contributed by atoms with Gasteiger partial charge in [0.05, 0.1) is 106 Å². The minimum Gasteiger partial charge on any atom is -0.310 e. The van der Waals surface area contributed by atoms with Crippen LogP contribution in [0.3, 0.4) is 0 Å². The van der Waals surface area contributed by atoms with E-state index >= 15 is 0 Å². The SMILES string of the molecule is CCS(=O)(=O)c1c2c(Cl)cccc2nn1-c1nc2cc(C(F)(F)F)cnc2n1C.CCS(=O)(=O)c1c2ccc(C(F)(F)F)cc2nn1-c1nc2cc(C(F)(F)F)ncc2n1C.CCS(=O)(=O)c1nn(-c2nc3cc(C(F)(F)F)cnc3n2C)c2cc(C(F)(F)F)ccc12.CCS(=O)(=O)c1nn(-c2nc3cc(C(F)(F)F)cnc3n2C)c2ccc(C(F)(F)F)cc12. The molecule has 0 amide bonds. The van der Waals surface area contributed by atoms with E-state index in [1.807, 2.05) is 0 Å². The largest absolute Gasteiger partial charge is 0.433 e. The van der Waals surface area contributed by atoms with Crippen molar-refractivity contribution in [2.75, 3.05) is 23.0 Å². The Bertz CT molecular complexity index is 7540. The second kappa shape index (κ2) is 31.2. The summed E-state index contributed by atoms with van der Waals surface area (Å²) in [6.45, 7) is 5.48. The Balaban J connectivity index is 0.000000143. The maximum atomic E-state index is 13.3. The molecular weight excluding hydrogens is 1820 g/mol. The molecule has 0 unspecified atom stereocenters. The third-order valence-corrected chi connectivity index (χ3v) is 26.1. The van der Waals surface area contributed by atoms with Gasteiger partial charge in [0.2, 0.25) is 23.8 Å². The van der Waals surface area contributed by atoms with Gasteiger partial charge >= 0.3 is 43.2 Å². The van der Waals surface area contributed by atoms with Gasteiger partial charge in [-0.25, -0.2) is 73.5 Å². The fourth-order valence-electron chi connectivity index (χ4n) is 12.7. The lowest BCUT2D eigenvalue weighted by Gasteiger charge is -2.08. The van der Waals surface area contributed by atoms with Crippen LogP contribution in [-0.4, -0.2) is 154 Å². The topological polar surface area (TPSA) is 331 Å². The number of hydrogen-bond acceptors (Lipinski definition) is 20. The maximum absolute atomic E-state index is 13.3. The van der Waals surface area contributed by atoms with Crippen LogP contribution in [0.1, 0.15) is 66.8 Å². The summed E-state index contributed by atoms with van der Waals surface area (Å²) in [5.41, 5.74) is -7.74. The number of pyridine rings is 4. The molecule has 16 rings (SSSR count). The van der Waals surface area contributed by atoms with Crippen molar-refractivity contribution in [1.29, 1.82) is 0 Å². The van der Waals surface area contributed by atoms with Gasteiger partial charge in [-0.2, -0.15) is 131 Å². The second-order valence-electron chi connectivity index (χ2n) is 26.9. The van der Waals surface area contributed by atoms with Crippen molar-refractivity contribution in [3.8, 4) is 23.8 Å². The average Bonchev–Trinajstić information content (AvgIpc) is 1.62. The minimum atomic E-state index is -4.73. The highest BCUT2D eigenvalue weighted by Crippen LogP contribution is 2.42. The van der Waals surface area contributed by atoms with Crippen molar-refractivity contribution >= 4 is 139 Å². The Morgan fingerprint density at radius 1 is 0.312 bits per heavy atom. The molecule has 0 saturated heterocycles. The molecule has 662 valence electrons. The van der Waals surface area contributed by atoms with Crippen LogP contribution in [0.4, 0.5) is 92.2 Å². The first-order valence-electron chi connectivity index (χ1n) is 35.2. The molecule has 54 heteroatoms. The molecule has 0 bridgehead atoms. The van der Waals surface area contributed by atoms with Crippen molar-refractivity contribution in [1.82, 2.24) is 97.3 Å². The number of fused-ring (bicyclic) bond motifs is 8. The van der Waals surface area contributed by atoms with Gasteiger partial charge in [-0.3, -0.25) is 13.7 Å². The normalized spacial score (nSPS) is 13.3. The second-order valence-corrected chi connectivity index (χ2v) is 36.1. The van der Waals surface area contributed by atoms with Crippen molar-refractivity contribution in [3.63, 3.8) is 0 Å². The van der Waals surface area contributed by atoms with Gasteiger partial charge < -0.3 is 4.57 Å². The predicted octanol–water partition coefficient (Wildman–Crippen LogP) is 16.2. The van der Waals surface area contributed by atoms with E-state index in [-0.39, 0.29) is 128 Å². The number of nitrogens with zero attached hydrogens (tertiary/aromatic N) is 20. The molecule has 4 aromatic carbocycles. The maximum Gasteiger partial charge on any atom is 0.433 e. The predicted molar refractivity (Wildman–Crippen MR) is 403 cm³/mol. The summed E-state index contributed by atoms with van der Waals surface area (Å²) in [6, 6.07) is 15.1. The highest BCUT2D eigenvalue weighted by molar-refractivity contribution is 7.92. The van der Waals surface area contributed by atoms with E-state index in [4.69, 9.17) is 11.6 Å². The number of imidazole rings is 4. The fraction of sp³-hybridized carbons (Fsp3) is 0.268. The van der Waals surface area contributed by atoms with Gasteiger partial charge in [-0.1, -0.05) is 45.4 Å². The zero-order chi connectivity index (χ0) is 92.0. The minimum absolute atomic E-state index is 0.00326. The first-order valence-corrected chi connectivity index (χ1v) is 42.2. The van der Waals surface area contributed by atoms with E-state index in [0.29, 0.717) is 48.4 Å². The summed E-state index contributed by atoms with van der Waals surface area (Å²) in [5, 5.41) is 14.6. The van der Waals surface area contributed by atoms with E-state index < -0.39 is 148 Å². The molecule has 125 heavy (non-hydrogen) atoms. The van der Waals surface area contributed by atoms with E-state index in [2.05, 4.69) is 60.3 Å². The van der Waals surface area contributed by atoms with Gasteiger partial charge in [0.15, 0.2) is 76.4 Å². The van der Waals surface area contributed by atoms with Crippen LogP contribution in [0.5, 0.6) is 0 Å². The number of rotatable bonds is 12. The summed E-state index contributed by atoms with van der Waals surface area (Å²) in [6.07, 6.45) is -29.9. The number of sulfone groups is 4. The van der Waals surface area contributed by atoms with Crippen molar-refractivity contribution in [2.45, 2.75) is 91.0 Å². The lowest BCUT2D eigenvalue weighted by Crippen LogP contribution is -2.14. The molecule has 28 nitrogen and oxygen atoms in total. The number of aromatic nitrogens is 20. The third kappa shape index (κ3) is 16.9. The number of aryl methyl sites for hydroxylation is 4. The number of halogens is 22. The smallest absolute Gasteiger partial charge is 0.310 e. The number of hydrogen-bond donors (Lipinski definition) is 0. The summed E-state index contributed by atoms with van der Waals surface area (Å²) in [4.78, 5) is 31.1. The summed E-state index contributed by atoms with van der Waals surface area (Å²) >= 11 is 6.23. The van der Waals surface area contributed by atoms with Gasteiger partial charge in [-0.15, -0.1) is 0 Å². The summed E-state index contributed by atoms with van der Waals surface area (Å²) in [5.74, 6) is -1.90. The van der Waals surface area contributed by atoms with Crippen molar-refractivity contribution < 1.29 is 126 Å². The van der Waals surface area contributed by atoms with Gasteiger partial charge in [0, 0.05) is 62.9 Å². The highest BCUT2D eigenvalue weighted by atomic mass is 35.5. The lowest BCUT2D eigenvalue weighted by molar-refractivity contribution is -0.141. The quantitative estimate of drug-likeness (QED) is 0.103. The molecule has 0 aliphatic rings. The molecule has 0 aliphatic heterocycles. The fourth-order valence-corrected chi connectivity index (χ4v) is 17.3. The molecule has 0 fully saturated rings. The molecule has 0 N–H and O–H groups in total. The van der Waals surface area contributed by atoms with E-state index in [1.54, 1.807) is 12.1 Å². The first kappa shape index (κ1) is 90.6. The van der Waals surface area contributed by atoms with Gasteiger partial charge in [0.1, 0.15) is 22.2 Å². The molecule has 0 radical (unpaired) electrons. The monoisotopic (exact) mass is 1870 g/mol. The van der Waals surface area contributed by atoms with Crippen LogP contribution in [0.25, 0.3) is 112 Å². The lowest BCUT2D eigenvalue weighted by atomic mass is 10.1. The van der Waals surface area contributed by atoms with E-state index in [9.17, 15) is 126 Å². The number of alkyl halides is 21. The molecule has 0 spiro atoms. The number of benzene rings is 4. The average molecular weight is 1880 g/mol. The standard InChI is InChI=1S/3C18H13F6N5O2S.C17H13ClF3N5O2S/c1-3-32(30,31)15-11-5-4-9(17(19,20)21)7-13(11)29(27-15)16-26-12-6-10(18(22,23)24)8-25-14(12)28(16)2;1-3-32(30,31)15-11-6-9(17(19,20)21)4-5-13(11)29(27-15)16-26-12-7-10(18(22,23)24)8-25-14(12)28(16)2;1-3-32(30,31)15-10-5-4-9(17(19,20)21)6-11(10)27-29(15)16-26-12-7-14(18(22,23)24)25-8-13(12)28(16)2;1-3-29(27,28)15-13-10(18)5-4-6-11(13)24-26(15)16-23-12-7-9(17(19,20)21)8-22-14(12)25(16)2/h3*4-8H,3H2,1-2H3;4-8H,3H2,1-2H3. The van der Waals surface area contributed by atoms with E-state index in [0.717, 1.165) is 79.5 Å². The Morgan fingerprint density at radius 3 is 1.13 bits per heavy atom. The van der Waals surface area contributed by atoms with E-state index in [1.165, 1.54) is 80.2 Å². The van der Waals surface area contributed by atoms with Crippen LogP contribution in [0, 0.1) is 0 Å². The van der Waals surface area contributed by atoms with Crippen LogP contribution >= 0.6 is 11.6 Å². The summed E-state index contributed by atoms with van der Waals surface area (Å²) in [7, 11) is -10.1. The summed E-state index contributed by atoms with van der Waals surface area (Å²) < 4.78 is 385. The zero-order valence-corrected chi connectivity index (χ0v) is 68.1. The van der Waals surface area contributed by atoms with Crippen molar-refractivity contribution in [3.05, 3.63) is 166 Å². The molecule has 0 aliphatic carbocycles. The Labute approximate surface area is 690 Å². The molecular formula is C71H52ClF21N20O8S4. The van der Waals surface area contributed by atoms with Gasteiger partial charge in [-0.05, 0) is 91.0 Å². The van der Waals surface area contributed by atoms with Crippen molar-refractivity contribution in [2.24, 2.45) is 28.2 Å². The molecule has 0 atom stereocenters. The van der Waals surface area contributed by atoms with Crippen LogP contribution < -0.4 is 0 Å². The first-order chi connectivity index (χ1) is 57.8. The molecule has 12 heterocycles.